The van der Waals surface area contributed by atoms with Crippen LogP contribution in [0.25, 0.3) is 6.08 Å². The molecule has 3 aromatic carbocycles. The third-order valence-corrected chi connectivity index (χ3v) is 3.97. The van der Waals surface area contributed by atoms with E-state index in [9.17, 15) is 0 Å². The van der Waals surface area contributed by atoms with Crippen molar-refractivity contribution in [3.05, 3.63) is 119 Å². The highest BCUT2D eigenvalue weighted by Gasteiger charge is 2.11. The van der Waals surface area contributed by atoms with E-state index in [1.54, 1.807) is 0 Å². The maximum atomic E-state index is 2.21. The number of hydrogen-bond donors (Lipinski definition) is 0. The zero-order valence-corrected chi connectivity index (χ0v) is 13.7. The third kappa shape index (κ3) is 3.98. The Bertz CT molecular complexity index is 763. The summed E-state index contributed by atoms with van der Waals surface area (Å²) < 4.78 is 0. The van der Waals surface area contributed by atoms with Gasteiger partial charge in [0.05, 0.1) is 5.92 Å². The van der Waals surface area contributed by atoms with Crippen LogP contribution in [0.5, 0.6) is 0 Å². The second-order valence-corrected chi connectivity index (χ2v) is 5.89. The molecule has 0 heteroatoms. The Morgan fingerprint density at radius 1 is 0.609 bits per heavy atom. The molecule has 0 atom stereocenters. The quantitative estimate of drug-likeness (QED) is 0.555. The van der Waals surface area contributed by atoms with Crippen molar-refractivity contribution in [3.8, 4) is 0 Å². The van der Waals surface area contributed by atoms with Gasteiger partial charge in [0.15, 0.2) is 0 Å². The van der Waals surface area contributed by atoms with E-state index in [0.29, 0.717) is 0 Å². The van der Waals surface area contributed by atoms with Crippen molar-refractivity contribution in [2.75, 3.05) is 0 Å². The average Bonchev–Trinajstić information content (AvgIpc) is 2.59. The summed E-state index contributed by atoms with van der Waals surface area (Å²) in [6.07, 6.45) is 4.40. The van der Waals surface area contributed by atoms with Gasteiger partial charge in [0.25, 0.3) is 0 Å². The third-order valence-electron chi connectivity index (χ3n) is 3.97. The summed E-state index contributed by atoms with van der Waals surface area (Å²) >= 11 is 0. The summed E-state index contributed by atoms with van der Waals surface area (Å²) in [5.74, 6) is 1.24. The molecule has 0 nitrogen and oxygen atoms in total. The number of aryl methyl sites for hydroxylation is 2. The smallest absolute Gasteiger partial charge is 0.0557 e. The Hall–Kier alpha value is -2.60. The second-order valence-electron chi connectivity index (χ2n) is 5.89. The fraction of sp³-hybridized carbons (Fsp3) is 0.0870. The van der Waals surface area contributed by atoms with E-state index in [1.807, 2.05) is 0 Å². The summed E-state index contributed by atoms with van der Waals surface area (Å²) in [5, 5.41) is 0. The van der Waals surface area contributed by atoms with Gasteiger partial charge in [-0.05, 0) is 30.5 Å². The van der Waals surface area contributed by atoms with Crippen molar-refractivity contribution in [1.29, 1.82) is 0 Å². The highest BCUT2D eigenvalue weighted by atomic mass is 14.1. The Kier molecular flexibility index (Phi) is 4.73. The normalized spacial score (nSPS) is 11.3. The molecule has 0 amide bonds. The molecule has 0 fully saturated rings. The van der Waals surface area contributed by atoms with Crippen molar-refractivity contribution in [2.45, 2.75) is 13.8 Å². The molecule has 0 aromatic heterocycles. The lowest BCUT2D eigenvalue weighted by Crippen LogP contribution is -1.98. The molecule has 0 aliphatic carbocycles. The van der Waals surface area contributed by atoms with Crippen molar-refractivity contribution in [2.24, 2.45) is 0 Å². The predicted molar refractivity (Wildman–Crippen MR) is 99.3 cm³/mol. The van der Waals surface area contributed by atoms with Gasteiger partial charge in [-0.2, -0.15) is 0 Å². The number of benzene rings is 3. The minimum atomic E-state index is 1.22. The molecule has 0 unspecified atom stereocenters. The van der Waals surface area contributed by atoms with Gasteiger partial charge in [-0.25, -0.2) is 0 Å². The molecule has 3 aromatic rings. The van der Waals surface area contributed by atoms with Crippen LogP contribution in [-0.2, 0) is 0 Å². The van der Waals surface area contributed by atoms with Crippen LogP contribution in [0.2, 0.25) is 0 Å². The molecular weight excluding hydrogens is 276 g/mol. The molecule has 3 rings (SSSR count). The van der Waals surface area contributed by atoms with Gasteiger partial charge in [0, 0.05) is 0 Å². The first-order valence-electron chi connectivity index (χ1n) is 7.96. The highest BCUT2D eigenvalue weighted by molar-refractivity contribution is 5.60. The van der Waals surface area contributed by atoms with Gasteiger partial charge in [-0.1, -0.05) is 102 Å². The zero-order valence-electron chi connectivity index (χ0n) is 13.7. The van der Waals surface area contributed by atoms with Crippen LogP contribution in [-0.4, -0.2) is 0 Å². The molecule has 0 spiro atoms. The van der Waals surface area contributed by atoms with Crippen LogP contribution in [0, 0.1) is 19.8 Å². The lowest BCUT2D eigenvalue weighted by molar-refractivity contribution is 1.28. The largest absolute Gasteiger partial charge is 0.0675 e. The maximum Gasteiger partial charge on any atom is 0.0557 e. The standard InChI is InChI=1S/C23H21/c1-18-8-12-20(13-9-18)14-17-23(21-6-4-3-5-7-21)22-15-10-19(2)11-16-22/h3-17H,1-2H3/b17-14+. The first kappa shape index (κ1) is 15.3. The van der Waals surface area contributed by atoms with Crippen molar-refractivity contribution < 1.29 is 0 Å². The minimum absolute atomic E-state index is 1.22. The van der Waals surface area contributed by atoms with E-state index in [1.165, 1.54) is 33.7 Å². The first-order valence-corrected chi connectivity index (χ1v) is 7.96. The topological polar surface area (TPSA) is 0 Å². The summed E-state index contributed by atoms with van der Waals surface area (Å²) in [4.78, 5) is 0. The first-order chi connectivity index (χ1) is 11.2. The highest BCUT2D eigenvalue weighted by Crippen LogP contribution is 2.26. The maximum absolute atomic E-state index is 2.21. The van der Waals surface area contributed by atoms with Gasteiger partial charge in [0.1, 0.15) is 0 Å². The van der Waals surface area contributed by atoms with Gasteiger partial charge < -0.3 is 0 Å². The molecule has 113 valence electrons. The zero-order chi connectivity index (χ0) is 16.1. The van der Waals surface area contributed by atoms with Gasteiger partial charge in [-0.3, -0.25) is 0 Å². The van der Waals surface area contributed by atoms with Crippen molar-refractivity contribution >= 4 is 6.08 Å². The Morgan fingerprint density at radius 3 is 1.74 bits per heavy atom. The Morgan fingerprint density at radius 2 is 1.13 bits per heavy atom. The molecule has 0 aliphatic rings. The summed E-state index contributed by atoms with van der Waals surface area (Å²) in [5.41, 5.74) is 6.26. The molecule has 0 saturated heterocycles. The van der Waals surface area contributed by atoms with E-state index in [0.717, 1.165) is 0 Å². The monoisotopic (exact) mass is 297 g/mol. The van der Waals surface area contributed by atoms with Gasteiger partial charge in [-0.15, -0.1) is 0 Å². The van der Waals surface area contributed by atoms with Crippen LogP contribution in [0.1, 0.15) is 27.8 Å². The molecule has 23 heavy (non-hydrogen) atoms. The van der Waals surface area contributed by atoms with E-state index < -0.39 is 0 Å². The van der Waals surface area contributed by atoms with E-state index in [2.05, 4.69) is 105 Å². The fourth-order valence-electron chi connectivity index (χ4n) is 2.57. The number of rotatable bonds is 4. The lowest BCUT2D eigenvalue weighted by Gasteiger charge is -2.13. The average molecular weight is 297 g/mol. The second kappa shape index (κ2) is 7.11. The van der Waals surface area contributed by atoms with E-state index in [4.69, 9.17) is 0 Å². The molecule has 0 N–H and O–H groups in total. The van der Waals surface area contributed by atoms with E-state index >= 15 is 0 Å². The fourth-order valence-corrected chi connectivity index (χ4v) is 2.57. The molecule has 1 radical (unpaired) electrons. The molecule has 0 heterocycles. The molecular formula is C23H21. The number of allylic oxidation sites excluding steroid dienone is 1. The molecule has 0 bridgehead atoms. The summed E-state index contributed by atoms with van der Waals surface area (Å²) in [6, 6.07) is 27.9. The molecule has 0 saturated carbocycles. The van der Waals surface area contributed by atoms with E-state index in [-0.39, 0.29) is 0 Å². The SMILES string of the molecule is Cc1ccc(/C=C/[C](c2ccccc2)c2ccc(C)cc2)cc1. The van der Waals surface area contributed by atoms with Crippen molar-refractivity contribution in [1.82, 2.24) is 0 Å². The Labute approximate surface area is 139 Å². The van der Waals surface area contributed by atoms with Gasteiger partial charge >= 0.3 is 0 Å². The van der Waals surface area contributed by atoms with Crippen molar-refractivity contribution in [3.63, 3.8) is 0 Å². The van der Waals surface area contributed by atoms with Crippen LogP contribution < -0.4 is 0 Å². The Balaban J connectivity index is 1.95. The predicted octanol–water partition coefficient (Wildman–Crippen LogP) is 5.99. The summed E-state index contributed by atoms with van der Waals surface area (Å²) in [6.45, 7) is 4.23. The minimum Gasteiger partial charge on any atom is -0.0675 e. The summed E-state index contributed by atoms with van der Waals surface area (Å²) in [7, 11) is 0. The van der Waals surface area contributed by atoms with Crippen LogP contribution in [0.15, 0.2) is 84.9 Å². The number of hydrogen-bond acceptors (Lipinski definition) is 0. The van der Waals surface area contributed by atoms with Crippen LogP contribution in [0.4, 0.5) is 0 Å². The van der Waals surface area contributed by atoms with Gasteiger partial charge in [0.2, 0.25) is 0 Å². The van der Waals surface area contributed by atoms with Crippen LogP contribution in [0.3, 0.4) is 0 Å². The molecule has 0 aliphatic heterocycles. The van der Waals surface area contributed by atoms with Crippen LogP contribution >= 0.6 is 0 Å². The lowest BCUT2D eigenvalue weighted by atomic mass is 9.90.